The Kier molecular flexibility index (Phi) is 19.3. The topological polar surface area (TPSA) is 109 Å². The number of urea groups is 1. The van der Waals surface area contributed by atoms with E-state index in [9.17, 15) is 14.7 Å². The van der Waals surface area contributed by atoms with Gasteiger partial charge in [0.25, 0.3) is 0 Å². The predicted molar refractivity (Wildman–Crippen MR) is 196 cm³/mol. The largest absolute Gasteiger partial charge is 0.465 e. The molecule has 4 atom stereocenters. The van der Waals surface area contributed by atoms with Crippen LogP contribution in [-0.2, 0) is 25.6 Å². The zero-order chi connectivity index (χ0) is 35.3. The Balaban J connectivity index is 1.74. The maximum absolute atomic E-state index is 12.3. The molecule has 3 N–H and O–H groups in total. The second kappa shape index (κ2) is 23.4. The third kappa shape index (κ3) is 14.8. The summed E-state index contributed by atoms with van der Waals surface area (Å²) in [7, 11) is 0. The molecular formula is C40H63N3O6. The maximum Gasteiger partial charge on any atom is 0.325 e. The van der Waals surface area contributed by atoms with Crippen molar-refractivity contribution < 1.29 is 28.9 Å². The summed E-state index contributed by atoms with van der Waals surface area (Å²) in [6.45, 7) is 11.5. The van der Waals surface area contributed by atoms with Crippen LogP contribution < -0.4 is 10.6 Å². The number of aliphatic hydroxyl groups excluding tert-OH is 1. The number of nitrogens with one attached hydrogen (secondary N) is 2. The van der Waals surface area contributed by atoms with Crippen LogP contribution in [0.3, 0.4) is 0 Å². The van der Waals surface area contributed by atoms with Crippen molar-refractivity contribution in [1.29, 1.82) is 0 Å². The molecule has 9 heteroatoms. The van der Waals surface area contributed by atoms with Crippen LogP contribution in [0.15, 0.2) is 48.5 Å². The smallest absolute Gasteiger partial charge is 0.325 e. The van der Waals surface area contributed by atoms with Gasteiger partial charge in [0.2, 0.25) is 0 Å². The van der Waals surface area contributed by atoms with Gasteiger partial charge in [0.05, 0.1) is 25.4 Å². The Morgan fingerprint density at radius 3 is 1.92 bits per heavy atom. The van der Waals surface area contributed by atoms with Crippen LogP contribution in [0.4, 0.5) is 10.5 Å². The molecule has 1 fully saturated rings. The molecule has 9 nitrogen and oxygen atoms in total. The third-order valence-corrected chi connectivity index (χ3v) is 9.36. The number of rotatable bonds is 23. The van der Waals surface area contributed by atoms with E-state index in [1.165, 1.54) is 77.0 Å². The summed E-state index contributed by atoms with van der Waals surface area (Å²) in [4.78, 5) is 26.5. The minimum atomic E-state index is -0.583. The van der Waals surface area contributed by atoms with Gasteiger partial charge in [0, 0.05) is 23.7 Å². The summed E-state index contributed by atoms with van der Waals surface area (Å²) < 4.78 is 18.3. The highest BCUT2D eigenvalue weighted by atomic mass is 16.7. The Labute approximate surface area is 295 Å². The first-order valence-corrected chi connectivity index (χ1v) is 18.9. The number of carbonyl (C=O) groups is 2. The van der Waals surface area contributed by atoms with Crippen molar-refractivity contribution >= 4 is 17.7 Å². The summed E-state index contributed by atoms with van der Waals surface area (Å²) in [5, 5.41) is 14.9. The van der Waals surface area contributed by atoms with Gasteiger partial charge in [0.15, 0.2) is 6.29 Å². The van der Waals surface area contributed by atoms with E-state index in [2.05, 4.69) is 48.4 Å². The minimum absolute atomic E-state index is 0.00278. The number of nitrogens with zero attached hydrogens (tertiary/aromatic N) is 1. The van der Waals surface area contributed by atoms with Crippen molar-refractivity contribution in [3.05, 3.63) is 65.2 Å². The van der Waals surface area contributed by atoms with Gasteiger partial charge in [-0.25, -0.2) is 4.79 Å². The van der Waals surface area contributed by atoms with Crippen LogP contribution in [0.25, 0.3) is 0 Å². The van der Waals surface area contributed by atoms with Gasteiger partial charge in [-0.15, -0.1) is 0 Å². The molecule has 1 saturated heterocycles. The number of hydrogen-bond acceptors (Lipinski definition) is 7. The highest BCUT2D eigenvalue weighted by Gasteiger charge is 2.39. The Hall–Kier alpha value is -2.98. The van der Waals surface area contributed by atoms with E-state index in [1.807, 2.05) is 36.4 Å². The summed E-state index contributed by atoms with van der Waals surface area (Å²) in [5.74, 6) is -0.377. The van der Waals surface area contributed by atoms with Crippen molar-refractivity contribution in [2.75, 3.05) is 38.1 Å². The monoisotopic (exact) mass is 681 g/mol. The zero-order valence-corrected chi connectivity index (χ0v) is 30.6. The van der Waals surface area contributed by atoms with E-state index in [4.69, 9.17) is 14.2 Å². The van der Waals surface area contributed by atoms with Crippen LogP contribution in [0, 0.1) is 5.92 Å². The second-order valence-electron chi connectivity index (χ2n) is 13.4. The molecule has 3 rings (SSSR count). The molecule has 0 bridgehead atoms. The molecule has 1 aliphatic rings. The molecule has 1 heterocycles. The molecule has 2 aromatic carbocycles. The minimum Gasteiger partial charge on any atom is -0.465 e. The molecule has 0 saturated carbocycles. The van der Waals surface area contributed by atoms with Crippen molar-refractivity contribution in [2.24, 2.45) is 5.92 Å². The molecule has 0 radical (unpaired) electrons. The van der Waals surface area contributed by atoms with E-state index in [-0.39, 0.29) is 37.9 Å². The second-order valence-corrected chi connectivity index (χ2v) is 13.4. The number of ether oxygens (including phenoxy) is 3. The Bertz CT molecular complexity index is 1180. The number of hydrogen-bond donors (Lipinski definition) is 3. The van der Waals surface area contributed by atoms with E-state index >= 15 is 0 Å². The lowest BCUT2D eigenvalue weighted by Gasteiger charge is -2.43. The molecule has 0 aromatic heterocycles. The van der Waals surface area contributed by atoms with E-state index in [0.29, 0.717) is 5.69 Å². The zero-order valence-electron chi connectivity index (χ0n) is 30.6. The van der Waals surface area contributed by atoms with Gasteiger partial charge in [-0.2, -0.15) is 0 Å². The molecule has 49 heavy (non-hydrogen) atoms. The maximum atomic E-state index is 12.3. The molecular weight excluding hydrogens is 618 g/mol. The van der Waals surface area contributed by atoms with Gasteiger partial charge < -0.3 is 34.9 Å². The van der Waals surface area contributed by atoms with E-state index in [1.54, 1.807) is 6.92 Å². The molecule has 274 valence electrons. The fourth-order valence-corrected chi connectivity index (χ4v) is 6.37. The summed E-state index contributed by atoms with van der Waals surface area (Å²) in [6, 6.07) is 15.0. The Morgan fingerprint density at radius 2 is 1.35 bits per heavy atom. The normalized spacial score (nSPS) is 19.1. The van der Waals surface area contributed by atoms with Crippen LogP contribution in [0.2, 0.25) is 0 Å². The first kappa shape index (κ1) is 40.4. The third-order valence-electron chi connectivity index (χ3n) is 9.36. The fourth-order valence-electron chi connectivity index (χ4n) is 6.37. The van der Waals surface area contributed by atoms with Crippen molar-refractivity contribution in [3.8, 4) is 0 Å². The van der Waals surface area contributed by atoms with Crippen LogP contribution in [0.1, 0.15) is 134 Å². The van der Waals surface area contributed by atoms with Crippen LogP contribution >= 0.6 is 0 Å². The molecule has 1 aliphatic heterocycles. The van der Waals surface area contributed by atoms with Gasteiger partial charge in [-0.1, -0.05) is 121 Å². The van der Waals surface area contributed by atoms with Crippen molar-refractivity contribution in [3.63, 3.8) is 0 Å². The van der Waals surface area contributed by atoms with Gasteiger partial charge >= 0.3 is 12.0 Å². The van der Waals surface area contributed by atoms with E-state index < -0.39 is 18.3 Å². The number of amides is 2. The number of unbranched alkanes of at least 4 members (excludes halogenated alkanes) is 10. The number of aliphatic hydroxyl groups is 1. The SMILES string of the molecule is CCCCCCCCN(CCCCCCCC)C[C@@H]1O[C@H](c2ccc(NC(=O)NCC(=O)OCC)cc2)O[C@H](c2ccc(CO)cc2)[C@@H]1C. The lowest BCUT2D eigenvalue weighted by molar-refractivity contribution is -0.276. The van der Waals surface area contributed by atoms with E-state index in [0.717, 1.165) is 36.3 Å². The molecule has 2 aromatic rings. The van der Waals surface area contributed by atoms with Crippen molar-refractivity contribution in [2.45, 2.75) is 130 Å². The van der Waals surface area contributed by atoms with Gasteiger partial charge in [0.1, 0.15) is 6.54 Å². The Morgan fingerprint density at radius 1 is 0.776 bits per heavy atom. The standard InChI is InChI=1S/C40H63N3O6/c1-5-8-10-12-14-16-26-43(27-17-15-13-11-9-6-2)29-36-31(4)38(33-20-18-32(30-44)19-21-33)49-39(48-36)34-22-24-35(25-23-34)42-40(46)41-28-37(45)47-7-3/h18-25,31,36,38-39,44H,5-17,26-30H2,1-4H3,(H2,41,42,46)/t31-,36+,38+,39+/m1/s1. The van der Waals surface area contributed by atoms with Gasteiger partial charge in [-0.3, -0.25) is 4.79 Å². The number of carbonyl (C=O) groups excluding carboxylic acids is 2. The average molecular weight is 682 g/mol. The van der Waals surface area contributed by atoms with Gasteiger partial charge in [-0.05, 0) is 56.1 Å². The molecule has 0 aliphatic carbocycles. The summed E-state index contributed by atoms with van der Waals surface area (Å²) in [5.41, 5.74) is 3.39. The fraction of sp³-hybridized carbons (Fsp3) is 0.650. The van der Waals surface area contributed by atoms with Crippen LogP contribution in [-0.4, -0.2) is 60.9 Å². The molecule has 2 amide bonds. The average Bonchev–Trinajstić information content (AvgIpc) is 3.11. The lowest BCUT2D eigenvalue weighted by atomic mass is 9.90. The first-order valence-electron chi connectivity index (χ1n) is 18.9. The quantitative estimate of drug-likeness (QED) is 0.0796. The van der Waals surface area contributed by atoms with Crippen LogP contribution in [0.5, 0.6) is 0 Å². The highest BCUT2D eigenvalue weighted by molar-refractivity contribution is 5.91. The number of esters is 1. The predicted octanol–water partition coefficient (Wildman–Crippen LogP) is 8.68. The first-order chi connectivity index (χ1) is 23.9. The summed E-state index contributed by atoms with van der Waals surface area (Å²) >= 11 is 0. The number of benzene rings is 2. The lowest BCUT2D eigenvalue weighted by Crippen LogP contribution is -2.45. The highest BCUT2D eigenvalue weighted by Crippen LogP contribution is 2.42. The number of anilines is 1. The molecule has 0 spiro atoms. The van der Waals surface area contributed by atoms with Crippen molar-refractivity contribution in [1.82, 2.24) is 10.2 Å². The molecule has 0 unspecified atom stereocenters. The summed E-state index contributed by atoms with van der Waals surface area (Å²) in [6.07, 6.45) is 14.5.